The second-order valence-electron chi connectivity index (χ2n) is 3.23. The molecular weight excluding hydrogens is 217 g/mol. The number of likely N-dealkylation sites (N-methyl/N-ethyl adjacent to an activating group) is 1. The number of rotatable bonds is 5. The Hall–Kier alpha value is -0.640. The van der Waals surface area contributed by atoms with Crippen molar-refractivity contribution in [2.24, 2.45) is 0 Å². The summed E-state index contributed by atoms with van der Waals surface area (Å²) >= 11 is 5.68. The summed E-state index contributed by atoms with van der Waals surface area (Å²) in [5, 5.41) is 3.56. The predicted molar refractivity (Wildman–Crippen MR) is 59.7 cm³/mol. The molecule has 1 rings (SSSR count). The Morgan fingerprint density at radius 2 is 2.27 bits per heavy atom. The normalized spacial score (nSPS) is 12.8. The number of benzene rings is 1. The molecule has 1 aromatic carbocycles. The van der Waals surface area contributed by atoms with Crippen LogP contribution in [0.3, 0.4) is 0 Å². The maximum Gasteiger partial charge on any atom is 0.129 e. The van der Waals surface area contributed by atoms with Gasteiger partial charge in [0.1, 0.15) is 5.82 Å². The molecule has 1 N–H and O–H groups in total. The summed E-state index contributed by atoms with van der Waals surface area (Å²) < 4.78 is 18.6. The summed E-state index contributed by atoms with van der Waals surface area (Å²) in [6.07, 6.45) is 0. The van der Waals surface area contributed by atoms with Crippen LogP contribution in [0.4, 0.5) is 4.39 Å². The van der Waals surface area contributed by atoms with E-state index in [2.05, 4.69) is 5.32 Å². The van der Waals surface area contributed by atoms with Crippen molar-refractivity contribution >= 4 is 11.6 Å². The molecule has 1 unspecified atom stereocenters. The molecule has 0 heterocycles. The van der Waals surface area contributed by atoms with Gasteiger partial charge in [-0.15, -0.1) is 0 Å². The van der Waals surface area contributed by atoms with Crippen molar-refractivity contribution in [2.75, 3.05) is 20.3 Å². The zero-order valence-corrected chi connectivity index (χ0v) is 9.64. The van der Waals surface area contributed by atoms with Gasteiger partial charge in [-0.3, -0.25) is 0 Å². The van der Waals surface area contributed by atoms with Crippen LogP contribution in [-0.4, -0.2) is 20.3 Å². The standard InChI is InChI=1S/C11H15ClFNO/c1-3-14-11(7-15-2)9-5-4-8(12)6-10(9)13/h4-6,11,14H,3,7H2,1-2H3. The van der Waals surface area contributed by atoms with E-state index in [4.69, 9.17) is 16.3 Å². The highest BCUT2D eigenvalue weighted by molar-refractivity contribution is 6.30. The van der Waals surface area contributed by atoms with Crippen LogP contribution in [0.2, 0.25) is 5.02 Å². The maximum atomic E-state index is 13.6. The minimum absolute atomic E-state index is 0.128. The van der Waals surface area contributed by atoms with E-state index in [-0.39, 0.29) is 11.9 Å². The SMILES string of the molecule is CCNC(COC)c1ccc(Cl)cc1F. The molecule has 0 aliphatic carbocycles. The fourth-order valence-electron chi connectivity index (χ4n) is 1.46. The van der Waals surface area contributed by atoms with Gasteiger partial charge in [0.15, 0.2) is 0 Å². The third-order valence-corrected chi connectivity index (χ3v) is 2.36. The second-order valence-corrected chi connectivity index (χ2v) is 3.67. The van der Waals surface area contributed by atoms with Gasteiger partial charge in [0.2, 0.25) is 0 Å². The van der Waals surface area contributed by atoms with E-state index < -0.39 is 0 Å². The van der Waals surface area contributed by atoms with E-state index >= 15 is 0 Å². The fourth-order valence-corrected chi connectivity index (χ4v) is 1.61. The highest BCUT2D eigenvalue weighted by Crippen LogP contribution is 2.20. The van der Waals surface area contributed by atoms with Gasteiger partial charge < -0.3 is 10.1 Å². The zero-order valence-electron chi connectivity index (χ0n) is 8.89. The van der Waals surface area contributed by atoms with Crippen LogP contribution >= 0.6 is 11.6 Å². The molecule has 0 spiro atoms. The Morgan fingerprint density at radius 3 is 2.80 bits per heavy atom. The van der Waals surface area contributed by atoms with Crippen molar-refractivity contribution in [2.45, 2.75) is 13.0 Å². The zero-order chi connectivity index (χ0) is 11.3. The van der Waals surface area contributed by atoms with Gasteiger partial charge in [0.05, 0.1) is 12.6 Å². The van der Waals surface area contributed by atoms with Crippen LogP contribution in [0.1, 0.15) is 18.5 Å². The smallest absolute Gasteiger partial charge is 0.129 e. The topological polar surface area (TPSA) is 21.3 Å². The summed E-state index contributed by atoms with van der Waals surface area (Å²) in [6.45, 7) is 3.17. The molecule has 0 bridgehead atoms. The van der Waals surface area contributed by atoms with Crippen molar-refractivity contribution in [3.8, 4) is 0 Å². The molecule has 15 heavy (non-hydrogen) atoms. The first-order valence-electron chi connectivity index (χ1n) is 4.86. The highest BCUT2D eigenvalue weighted by Gasteiger charge is 2.14. The summed E-state index contributed by atoms with van der Waals surface area (Å²) in [4.78, 5) is 0. The molecule has 2 nitrogen and oxygen atoms in total. The first-order valence-corrected chi connectivity index (χ1v) is 5.24. The number of halogens is 2. The molecule has 1 aromatic rings. The number of ether oxygens (including phenoxy) is 1. The summed E-state index contributed by atoms with van der Waals surface area (Å²) in [5.41, 5.74) is 0.586. The third kappa shape index (κ3) is 3.45. The summed E-state index contributed by atoms with van der Waals surface area (Å²) in [7, 11) is 1.60. The fraction of sp³-hybridized carbons (Fsp3) is 0.455. The van der Waals surface area contributed by atoms with Gasteiger partial charge in [-0.1, -0.05) is 24.6 Å². The van der Waals surface area contributed by atoms with Crippen molar-refractivity contribution in [3.63, 3.8) is 0 Å². The van der Waals surface area contributed by atoms with Crippen molar-refractivity contribution < 1.29 is 9.13 Å². The Kier molecular flexibility index (Phi) is 5.02. The van der Waals surface area contributed by atoms with Gasteiger partial charge in [-0.05, 0) is 18.7 Å². The Morgan fingerprint density at radius 1 is 1.53 bits per heavy atom. The number of nitrogens with one attached hydrogen (secondary N) is 1. The molecule has 1 atom stereocenters. The first kappa shape index (κ1) is 12.4. The first-order chi connectivity index (χ1) is 7.19. The monoisotopic (exact) mass is 231 g/mol. The lowest BCUT2D eigenvalue weighted by Crippen LogP contribution is -2.25. The van der Waals surface area contributed by atoms with Crippen molar-refractivity contribution in [1.82, 2.24) is 5.32 Å². The second kappa shape index (κ2) is 6.05. The van der Waals surface area contributed by atoms with Crippen molar-refractivity contribution in [1.29, 1.82) is 0 Å². The van der Waals surface area contributed by atoms with Gasteiger partial charge in [0.25, 0.3) is 0 Å². The van der Waals surface area contributed by atoms with Gasteiger partial charge in [0, 0.05) is 17.7 Å². The molecule has 0 aromatic heterocycles. The van der Waals surface area contributed by atoms with E-state index in [9.17, 15) is 4.39 Å². The average Bonchev–Trinajstić information content (AvgIpc) is 2.17. The Bertz CT molecular complexity index is 313. The molecule has 0 aliphatic rings. The quantitative estimate of drug-likeness (QED) is 0.842. The minimum Gasteiger partial charge on any atom is -0.383 e. The Labute approximate surface area is 94.4 Å². The third-order valence-electron chi connectivity index (χ3n) is 2.12. The largest absolute Gasteiger partial charge is 0.383 e. The molecular formula is C11H15ClFNO. The number of hydrogen-bond donors (Lipinski definition) is 1. The molecule has 0 aliphatic heterocycles. The molecule has 0 saturated heterocycles. The summed E-state index contributed by atoms with van der Waals surface area (Å²) in [6, 6.07) is 4.55. The molecule has 0 radical (unpaired) electrons. The van der Waals surface area contributed by atoms with Gasteiger partial charge >= 0.3 is 0 Å². The van der Waals surface area contributed by atoms with Gasteiger partial charge in [-0.25, -0.2) is 4.39 Å². The predicted octanol–water partition coefficient (Wildman–Crippen LogP) is 2.78. The number of methoxy groups -OCH3 is 1. The van der Waals surface area contributed by atoms with Crippen LogP contribution in [0.25, 0.3) is 0 Å². The lowest BCUT2D eigenvalue weighted by atomic mass is 10.1. The van der Waals surface area contributed by atoms with Crippen LogP contribution in [-0.2, 0) is 4.74 Å². The van der Waals surface area contributed by atoms with E-state index in [0.29, 0.717) is 17.2 Å². The minimum atomic E-state index is -0.300. The lowest BCUT2D eigenvalue weighted by Gasteiger charge is -2.18. The van der Waals surface area contributed by atoms with Crippen molar-refractivity contribution in [3.05, 3.63) is 34.6 Å². The molecule has 84 valence electrons. The molecule has 0 amide bonds. The van der Waals surface area contributed by atoms with Gasteiger partial charge in [-0.2, -0.15) is 0 Å². The highest BCUT2D eigenvalue weighted by atomic mass is 35.5. The van der Waals surface area contributed by atoms with E-state index in [1.54, 1.807) is 19.2 Å². The van der Waals surface area contributed by atoms with E-state index in [1.165, 1.54) is 6.07 Å². The summed E-state index contributed by atoms with van der Waals surface area (Å²) in [5.74, 6) is -0.300. The number of hydrogen-bond acceptors (Lipinski definition) is 2. The molecule has 0 fully saturated rings. The van der Waals surface area contributed by atoms with E-state index in [1.807, 2.05) is 6.92 Å². The van der Waals surface area contributed by atoms with Crippen LogP contribution in [0.5, 0.6) is 0 Å². The van der Waals surface area contributed by atoms with E-state index in [0.717, 1.165) is 6.54 Å². The lowest BCUT2D eigenvalue weighted by molar-refractivity contribution is 0.166. The Balaban J connectivity index is 2.89. The molecule has 4 heteroatoms. The maximum absolute atomic E-state index is 13.6. The average molecular weight is 232 g/mol. The van der Waals surface area contributed by atoms with Crippen LogP contribution < -0.4 is 5.32 Å². The van der Waals surface area contributed by atoms with Crippen LogP contribution in [0, 0.1) is 5.82 Å². The molecule has 0 saturated carbocycles. The van der Waals surface area contributed by atoms with Crippen LogP contribution in [0.15, 0.2) is 18.2 Å².